The normalized spacial score (nSPS) is 10.4. The van der Waals surface area contributed by atoms with E-state index in [-0.39, 0.29) is 0 Å². The molecule has 0 saturated carbocycles. The summed E-state index contributed by atoms with van der Waals surface area (Å²) in [5, 5.41) is 0.801. The van der Waals surface area contributed by atoms with Gasteiger partial charge in [0.05, 0.1) is 5.51 Å². The van der Waals surface area contributed by atoms with Crippen molar-refractivity contribution in [3.05, 3.63) is 50.9 Å². The highest BCUT2D eigenvalue weighted by atomic mass is 35.5. The topological polar surface area (TPSA) is 12.9 Å². The van der Waals surface area contributed by atoms with Gasteiger partial charge in [0, 0.05) is 22.5 Å². The van der Waals surface area contributed by atoms with Crippen molar-refractivity contribution < 1.29 is 0 Å². The molecule has 0 fully saturated rings. The Kier molecular flexibility index (Phi) is 2.85. The van der Waals surface area contributed by atoms with E-state index in [1.165, 1.54) is 16.0 Å². The minimum absolute atomic E-state index is 0.801. The van der Waals surface area contributed by atoms with E-state index in [2.05, 4.69) is 18.0 Å². The fourth-order valence-corrected chi connectivity index (χ4v) is 2.22. The minimum atomic E-state index is 0.801. The lowest BCUT2D eigenvalue weighted by Gasteiger charge is -2.03. The first-order valence-corrected chi connectivity index (χ1v) is 5.64. The second-order valence-electron chi connectivity index (χ2n) is 3.22. The predicted molar refractivity (Wildman–Crippen MR) is 61.1 cm³/mol. The number of nitrogens with zero attached hydrogens (tertiary/aromatic N) is 1. The van der Waals surface area contributed by atoms with Gasteiger partial charge in [0.15, 0.2) is 0 Å². The lowest BCUT2D eigenvalue weighted by Crippen LogP contribution is -1.88. The van der Waals surface area contributed by atoms with Crippen LogP contribution in [-0.2, 0) is 6.42 Å². The summed E-state index contributed by atoms with van der Waals surface area (Å²) in [4.78, 5) is 5.35. The van der Waals surface area contributed by atoms with E-state index in [0.717, 1.165) is 11.4 Å². The molecule has 0 N–H and O–H groups in total. The van der Waals surface area contributed by atoms with E-state index in [1.54, 1.807) is 11.3 Å². The lowest BCUT2D eigenvalue weighted by molar-refractivity contribution is 1.18. The third-order valence-electron chi connectivity index (χ3n) is 2.15. The van der Waals surface area contributed by atoms with Gasteiger partial charge in [0.1, 0.15) is 0 Å². The summed E-state index contributed by atoms with van der Waals surface area (Å²) in [5.41, 5.74) is 4.42. The molecule has 0 aliphatic rings. The van der Waals surface area contributed by atoms with Gasteiger partial charge < -0.3 is 0 Å². The van der Waals surface area contributed by atoms with Crippen LogP contribution in [0, 0.1) is 6.92 Å². The Labute approximate surface area is 92.4 Å². The number of hydrogen-bond acceptors (Lipinski definition) is 2. The molecule has 0 aliphatic carbocycles. The Morgan fingerprint density at radius 1 is 1.43 bits per heavy atom. The Balaban J connectivity index is 2.25. The monoisotopic (exact) mass is 223 g/mol. The average Bonchev–Trinajstić information content (AvgIpc) is 2.62. The molecule has 0 aliphatic heterocycles. The number of benzene rings is 1. The van der Waals surface area contributed by atoms with E-state index < -0.39 is 0 Å². The molecule has 72 valence electrons. The van der Waals surface area contributed by atoms with Crippen molar-refractivity contribution in [3.63, 3.8) is 0 Å². The van der Waals surface area contributed by atoms with Crippen LogP contribution in [0.1, 0.15) is 16.0 Å². The van der Waals surface area contributed by atoms with Crippen molar-refractivity contribution in [1.82, 2.24) is 4.98 Å². The van der Waals surface area contributed by atoms with Crippen LogP contribution in [0.2, 0.25) is 5.02 Å². The van der Waals surface area contributed by atoms with Gasteiger partial charge in [-0.25, -0.2) is 0 Å². The fraction of sp³-hybridized carbons (Fsp3) is 0.182. The quantitative estimate of drug-likeness (QED) is 0.757. The van der Waals surface area contributed by atoms with Gasteiger partial charge >= 0.3 is 0 Å². The molecule has 0 bridgehead atoms. The maximum absolute atomic E-state index is 5.89. The third-order valence-corrected chi connectivity index (χ3v) is 3.17. The highest BCUT2D eigenvalue weighted by Gasteiger charge is 2.01. The van der Waals surface area contributed by atoms with Crippen LogP contribution in [0.5, 0.6) is 0 Å². The van der Waals surface area contributed by atoms with Crippen LogP contribution in [0.4, 0.5) is 0 Å². The molecule has 0 saturated heterocycles. The van der Waals surface area contributed by atoms with E-state index in [9.17, 15) is 0 Å². The van der Waals surface area contributed by atoms with Crippen molar-refractivity contribution in [2.75, 3.05) is 0 Å². The van der Waals surface area contributed by atoms with Crippen LogP contribution >= 0.6 is 22.9 Å². The van der Waals surface area contributed by atoms with Crippen molar-refractivity contribution in [3.8, 4) is 0 Å². The van der Waals surface area contributed by atoms with Gasteiger partial charge in [0.25, 0.3) is 0 Å². The van der Waals surface area contributed by atoms with Gasteiger partial charge in [-0.15, -0.1) is 11.3 Å². The molecule has 0 spiro atoms. The smallest absolute Gasteiger partial charge is 0.0794 e. The summed E-state index contributed by atoms with van der Waals surface area (Å²) in [6, 6.07) is 6.01. The summed E-state index contributed by atoms with van der Waals surface area (Å²) in [7, 11) is 0. The number of aromatic nitrogens is 1. The first-order valence-electron chi connectivity index (χ1n) is 4.38. The number of aryl methyl sites for hydroxylation is 1. The molecule has 0 atom stereocenters. The Bertz CT molecular complexity index is 423. The first kappa shape index (κ1) is 9.69. The van der Waals surface area contributed by atoms with Gasteiger partial charge in [-0.1, -0.05) is 17.7 Å². The Hall–Kier alpha value is -0.860. The number of hydrogen-bond donors (Lipinski definition) is 0. The summed E-state index contributed by atoms with van der Waals surface area (Å²) in [6.07, 6.45) is 2.87. The second-order valence-corrected chi connectivity index (χ2v) is 4.62. The highest BCUT2D eigenvalue weighted by molar-refractivity contribution is 7.09. The molecule has 0 radical (unpaired) electrons. The maximum Gasteiger partial charge on any atom is 0.0794 e. The fourth-order valence-electron chi connectivity index (χ4n) is 1.37. The summed E-state index contributed by atoms with van der Waals surface area (Å²) < 4.78 is 0. The van der Waals surface area contributed by atoms with Crippen molar-refractivity contribution >= 4 is 22.9 Å². The molecule has 2 rings (SSSR count). The van der Waals surface area contributed by atoms with Gasteiger partial charge in [-0.3, -0.25) is 4.98 Å². The predicted octanol–water partition coefficient (Wildman–Crippen LogP) is 3.70. The van der Waals surface area contributed by atoms with Crippen LogP contribution < -0.4 is 0 Å². The summed E-state index contributed by atoms with van der Waals surface area (Å²) in [6.45, 7) is 2.09. The van der Waals surface area contributed by atoms with Crippen molar-refractivity contribution in [2.45, 2.75) is 13.3 Å². The molecule has 3 heteroatoms. The molecule has 0 amide bonds. The number of thiazole rings is 1. The number of halogens is 1. The van der Waals surface area contributed by atoms with Gasteiger partial charge in [-0.2, -0.15) is 0 Å². The van der Waals surface area contributed by atoms with Crippen LogP contribution in [-0.4, -0.2) is 4.98 Å². The molecule has 1 aromatic carbocycles. The van der Waals surface area contributed by atoms with Crippen molar-refractivity contribution in [1.29, 1.82) is 0 Å². The molecule has 2 aromatic rings. The molecule has 1 aromatic heterocycles. The molecular formula is C11H10ClNS. The Morgan fingerprint density at radius 2 is 2.29 bits per heavy atom. The van der Waals surface area contributed by atoms with Crippen LogP contribution in [0.25, 0.3) is 0 Å². The van der Waals surface area contributed by atoms with Crippen molar-refractivity contribution in [2.24, 2.45) is 0 Å². The van der Waals surface area contributed by atoms with Crippen LogP contribution in [0.15, 0.2) is 29.9 Å². The van der Waals surface area contributed by atoms with E-state index in [0.29, 0.717) is 0 Å². The summed E-state index contributed by atoms with van der Waals surface area (Å²) in [5.74, 6) is 0. The van der Waals surface area contributed by atoms with Gasteiger partial charge in [-0.05, 0) is 30.2 Å². The minimum Gasteiger partial charge on any atom is -0.253 e. The van der Waals surface area contributed by atoms with Crippen LogP contribution in [0.3, 0.4) is 0 Å². The second kappa shape index (κ2) is 4.11. The van der Waals surface area contributed by atoms with E-state index in [1.807, 2.05) is 23.8 Å². The molecule has 1 nitrogen and oxygen atoms in total. The summed E-state index contributed by atoms with van der Waals surface area (Å²) >= 11 is 7.58. The molecule has 14 heavy (non-hydrogen) atoms. The SMILES string of the molecule is Cc1cc(Cl)ccc1Cc1cncs1. The zero-order chi connectivity index (χ0) is 9.97. The number of rotatable bonds is 2. The average molecular weight is 224 g/mol. The molecule has 1 heterocycles. The Morgan fingerprint density at radius 3 is 2.93 bits per heavy atom. The van der Waals surface area contributed by atoms with Gasteiger partial charge in [0.2, 0.25) is 0 Å². The third kappa shape index (κ3) is 2.14. The molecule has 0 unspecified atom stereocenters. The zero-order valence-corrected chi connectivity index (χ0v) is 9.40. The lowest BCUT2D eigenvalue weighted by atomic mass is 10.1. The zero-order valence-electron chi connectivity index (χ0n) is 7.83. The first-order chi connectivity index (χ1) is 6.75. The standard InChI is InChI=1S/C11H10ClNS/c1-8-4-10(12)3-2-9(8)5-11-6-13-7-14-11/h2-4,6-7H,5H2,1H3. The van der Waals surface area contributed by atoms with E-state index in [4.69, 9.17) is 11.6 Å². The largest absolute Gasteiger partial charge is 0.253 e. The van der Waals surface area contributed by atoms with E-state index >= 15 is 0 Å². The molecular weight excluding hydrogens is 214 g/mol. The highest BCUT2D eigenvalue weighted by Crippen LogP contribution is 2.19. The maximum atomic E-state index is 5.89.